The number of nitro benzene ring substituents is 1. The molecule has 0 atom stereocenters. The Morgan fingerprint density at radius 1 is 1.23 bits per heavy atom. The Bertz CT molecular complexity index is 977. The maximum absolute atomic E-state index is 12.6. The highest BCUT2D eigenvalue weighted by Gasteiger charge is 2.15. The summed E-state index contributed by atoms with van der Waals surface area (Å²) in [6, 6.07) is 13.3. The summed E-state index contributed by atoms with van der Waals surface area (Å²) in [7, 11) is 0. The van der Waals surface area contributed by atoms with E-state index in [-0.39, 0.29) is 16.9 Å². The fourth-order valence-electron chi connectivity index (χ4n) is 2.79. The number of nitrogens with zero attached hydrogens (tertiary/aromatic N) is 2. The first-order valence-electron chi connectivity index (χ1n) is 9.86. The minimum atomic E-state index is -0.640. The molecule has 0 aromatic heterocycles. The lowest BCUT2D eigenvalue weighted by Crippen LogP contribution is -2.14. The lowest BCUT2D eigenvalue weighted by atomic mass is 10.1. The van der Waals surface area contributed by atoms with Crippen LogP contribution in [-0.2, 0) is 4.79 Å². The largest absolute Gasteiger partial charge is 0.493 e. The highest BCUT2D eigenvalue weighted by Crippen LogP contribution is 2.24. The Balaban J connectivity index is 2.18. The Hall–Kier alpha value is -3.66. The first kappa shape index (κ1) is 22.6. The minimum absolute atomic E-state index is 0.122. The number of non-ortho nitro benzene ring substituents is 1. The van der Waals surface area contributed by atoms with Gasteiger partial charge in [0.25, 0.3) is 11.6 Å². The second-order valence-electron chi connectivity index (χ2n) is 6.83. The zero-order valence-corrected chi connectivity index (χ0v) is 17.2. The molecule has 0 saturated carbocycles. The zero-order valence-electron chi connectivity index (χ0n) is 17.2. The molecule has 0 unspecified atom stereocenters. The van der Waals surface area contributed by atoms with Crippen LogP contribution in [0.2, 0.25) is 0 Å². The van der Waals surface area contributed by atoms with Gasteiger partial charge in [-0.15, -0.1) is 0 Å². The molecule has 7 nitrogen and oxygen atoms in total. The van der Waals surface area contributed by atoms with Crippen LogP contribution in [-0.4, -0.2) is 17.4 Å². The van der Waals surface area contributed by atoms with Crippen molar-refractivity contribution in [1.82, 2.24) is 0 Å². The zero-order chi connectivity index (χ0) is 21.9. The molecule has 0 aliphatic carbocycles. The number of nitrogens with one attached hydrogen (secondary N) is 1. The summed E-state index contributed by atoms with van der Waals surface area (Å²) in [6.45, 7) is 4.42. The molecule has 0 saturated heterocycles. The number of nitro groups is 1. The number of aryl methyl sites for hydroxylation is 1. The van der Waals surface area contributed by atoms with Gasteiger partial charge in [0.05, 0.1) is 17.2 Å². The fraction of sp³-hybridized carbons (Fsp3) is 0.304. The quantitative estimate of drug-likeness (QED) is 0.186. The second-order valence-corrected chi connectivity index (χ2v) is 6.83. The van der Waals surface area contributed by atoms with Crippen LogP contribution in [0.1, 0.15) is 43.7 Å². The van der Waals surface area contributed by atoms with Crippen molar-refractivity contribution in [2.45, 2.75) is 39.5 Å². The molecule has 156 valence electrons. The third-order valence-electron chi connectivity index (χ3n) is 4.52. The molecule has 0 aliphatic rings. The molecule has 1 N–H and O–H groups in total. The van der Waals surface area contributed by atoms with Gasteiger partial charge in [0, 0.05) is 17.7 Å². The average Bonchev–Trinajstić information content (AvgIpc) is 2.74. The first-order valence-corrected chi connectivity index (χ1v) is 9.86. The Morgan fingerprint density at radius 2 is 2.00 bits per heavy atom. The summed E-state index contributed by atoms with van der Waals surface area (Å²) >= 11 is 0. The number of carbonyl (C=O) groups is 1. The first-order chi connectivity index (χ1) is 14.5. The predicted molar refractivity (Wildman–Crippen MR) is 116 cm³/mol. The van der Waals surface area contributed by atoms with Crippen LogP contribution in [0.4, 0.5) is 11.4 Å². The molecule has 0 aliphatic heterocycles. The van der Waals surface area contributed by atoms with E-state index >= 15 is 0 Å². The number of para-hydroxylation sites is 1. The Kier molecular flexibility index (Phi) is 8.57. The van der Waals surface area contributed by atoms with Gasteiger partial charge in [-0.1, -0.05) is 50.5 Å². The number of amides is 1. The SMILES string of the molecule is CCCCCCOc1ccccc1/C=C(\C#N)C(=O)Nc1cc([N+](=O)[O-])ccc1C. The minimum Gasteiger partial charge on any atom is -0.493 e. The highest BCUT2D eigenvalue weighted by molar-refractivity contribution is 6.10. The van der Waals surface area contributed by atoms with Crippen LogP contribution >= 0.6 is 0 Å². The van der Waals surface area contributed by atoms with Gasteiger partial charge in [-0.2, -0.15) is 5.26 Å². The van der Waals surface area contributed by atoms with Gasteiger partial charge < -0.3 is 10.1 Å². The highest BCUT2D eigenvalue weighted by atomic mass is 16.6. The topological polar surface area (TPSA) is 105 Å². The smallest absolute Gasteiger partial charge is 0.271 e. The van der Waals surface area contributed by atoms with E-state index in [0.29, 0.717) is 23.5 Å². The summed E-state index contributed by atoms with van der Waals surface area (Å²) in [5, 5.41) is 23.1. The van der Waals surface area contributed by atoms with E-state index in [4.69, 9.17) is 4.74 Å². The lowest BCUT2D eigenvalue weighted by Gasteiger charge is -2.10. The van der Waals surface area contributed by atoms with Crippen LogP contribution in [0, 0.1) is 28.4 Å². The molecule has 2 rings (SSSR count). The molecule has 0 fully saturated rings. The number of unbranched alkanes of at least 4 members (excludes halogenated alkanes) is 3. The molecule has 7 heteroatoms. The van der Waals surface area contributed by atoms with Crippen molar-refractivity contribution in [3.63, 3.8) is 0 Å². The van der Waals surface area contributed by atoms with Crippen LogP contribution in [0.5, 0.6) is 5.75 Å². The second kappa shape index (κ2) is 11.4. The molecule has 0 bridgehead atoms. The van der Waals surface area contributed by atoms with Gasteiger partial charge in [-0.05, 0) is 31.1 Å². The standard InChI is InChI=1S/C23H25N3O4/c1-3-4-5-8-13-30-22-10-7-6-9-18(22)14-19(16-24)23(27)25-21-15-20(26(28)29)12-11-17(21)2/h6-7,9-12,14-15H,3-5,8,13H2,1-2H3,(H,25,27)/b19-14+. The third-order valence-corrected chi connectivity index (χ3v) is 4.52. The molecule has 30 heavy (non-hydrogen) atoms. The molecule has 0 spiro atoms. The van der Waals surface area contributed by atoms with Crippen molar-refractivity contribution in [2.75, 3.05) is 11.9 Å². The van der Waals surface area contributed by atoms with Crippen molar-refractivity contribution in [3.8, 4) is 11.8 Å². The van der Waals surface area contributed by atoms with E-state index in [1.807, 2.05) is 12.1 Å². The van der Waals surface area contributed by atoms with Crippen LogP contribution in [0.15, 0.2) is 48.0 Å². The lowest BCUT2D eigenvalue weighted by molar-refractivity contribution is -0.384. The molecular weight excluding hydrogens is 382 g/mol. The normalized spacial score (nSPS) is 10.9. The van der Waals surface area contributed by atoms with Crippen molar-refractivity contribution in [3.05, 3.63) is 69.3 Å². The summed E-state index contributed by atoms with van der Waals surface area (Å²) < 4.78 is 5.83. The van der Waals surface area contributed by atoms with E-state index < -0.39 is 10.8 Å². The molecule has 1 amide bonds. The molecular formula is C23H25N3O4. The van der Waals surface area contributed by atoms with Crippen molar-refractivity contribution in [1.29, 1.82) is 5.26 Å². The summed E-state index contributed by atoms with van der Waals surface area (Å²) in [6.07, 6.45) is 5.78. The van der Waals surface area contributed by atoms with Crippen molar-refractivity contribution >= 4 is 23.4 Å². The van der Waals surface area contributed by atoms with Gasteiger partial charge in [0.1, 0.15) is 17.4 Å². The third kappa shape index (κ3) is 6.45. The van der Waals surface area contributed by atoms with Gasteiger partial charge >= 0.3 is 0 Å². The molecule has 2 aromatic rings. The number of anilines is 1. The van der Waals surface area contributed by atoms with E-state index in [1.54, 1.807) is 31.2 Å². The number of hydrogen-bond acceptors (Lipinski definition) is 5. The molecule has 2 aromatic carbocycles. The van der Waals surface area contributed by atoms with E-state index in [1.165, 1.54) is 18.2 Å². The maximum atomic E-state index is 12.6. The van der Waals surface area contributed by atoms with E-state index in [2.05, 4.69) is 12.2 Å². The van der Waals surface area contributed by atoms with E-state index in [9.17, 15) is 20.2 Å². The summed E-state index contributed by atoms with van der Waals surface area (Å²) in [4.78, 5) is 23.1. The van der Waals surface area contributed by atoms with Gasteiger partial charge in [-0.3, -0.25) is 14.9 Å². The molecule has 0 radical (unpaired) electrons. The fourth-order valence-corrected chi connectivity index (χ4v) is 2.79. The number of rotatable bonds is 10. The van der Waals surface area contributed by atoms with Crippen LogP contribution in [0.3, 0.4) is 0 Å². The van der Waals surface area contributed by atoms with Gasteiger partial charge in [0.2, 0.25) is 0 Å². The van der Waals surface area contributed by atoms with Crippen LogP contribution < -0.4 is 10.1 Å². The predicted octanol–water partition coefficient (Wildman–Crippen LogP) is 5.41. The maximum Gasteiger partial charge on any atom is 0.271 e. The van der Waals surface area contributed by atoms with Crippen LogP contribution in [0.25, 0.3) is 6.08 Å². The number of carbonyl (C=O) groups excluding carboxylic acids is 1. The van der Waals surface area contributed by atoms with Gasteiger partial charge in [0.15, 0.2) is 0 Å². The number of hydrogen-bond donors (Lipinski definition) is 1. The van der Waals surface area contributed by atoms with E-state index in [0.717, 1.165) is 25.7 Å². The number of ether oxygens (including phenoxy) is 1. The number of nitriles is 1. The van der Waals surface area contributed by atoms with Crippen molar-refractivity contribution in [2.24, 2.45) is 0 Å². The Labute approximate surface area is 176 Å². The average molecular weight is 407 g/mol. The number of benzene rings is 2. The van der Waals surface area contributed by atoms with Gasteiger partial charge in [-0.25, -0.2) is 0 Å². The van der Waals surface area contributed by atoms with Crippen molar-refractivity contribution < 1.29 is 14.5 Å². The summed E-state index contributed by atoms with van der Waals surface area (Å²) in [5.41, 5.74) is 1.30. The monoisotopic (exact) mass is 407 g/mol. The Morgan fingerprint density at radius 3 is 2.70 bits per heavy atom. The molecule has 0 heterocycles. The summed E-state index contributed by atoms with van der Waals surface area (Å²) in [5.74, 6) is -0.0417.